The molecule has 0 radical (unpaired) electrons. The van der Waals surface area contributed by atoms with Crippen LogP contribution in [0.4, 0.5) is 0 Å². The van der Waals surface area contributed by atoms with E-state index in [9.17, 15) is 4.79 Å². The smallest absolute Gasteiger partial charge is 0.257 e. The van der Waals surface area contributed by atoms with Gasteiger partial charge in [-0.05, 0) is 30.7 Å². The Morgan fingerprint density at radius 2 is 2.17 bits per heavy atom. The molecular weight excluding hydrogens is 228 g/mol. The number of rotatable bonds is 2. The van der Waals surface area contributed by atoms with E-state index in [2.05, 4.69) is 15.3 Å². The molecule has 0 fully saturated rings. The predicted molar refractivity (Wildman–Crippen MR) is 67.2 cm³/mol. The van der Waals surface area contributed by atoms with Crippen molar-refractivity contribution in [1.29, 1.82) is 0 Å². The lowest BCUT2D eigenvalue weighted by Gasteiger charge is -2.16. The third kappa shape index (κ3) is 2.04. The molecule has 0 unspecified atom stereocenters. The van der Waals surface area contributed by atoms with Gasteiger partial charge in [0, 0.05) is 24.5 Å². The van der Waals surface area contributed by atoms with Gasteiger partial charge in [-0.25, -0.2) is 4.98 Å². The van der Waals surface area contributed by atoms with E-state index < -0.39 is 0 Å². The van der Waals surface area contributed by atoms with Crippen molar-refractivity contribution < 1.29 is 0 Å². The molecule has 5 heteroatoms. The zero-order valence-corrected chi connectivity index (χ0v) is 9.97. The molecule has 18 heavy (non-hydrogen) atoms. The number of nitrogens with zero attached hydrogens (tertiary/aromatic N) is 3. The topological polar surface area (TPSA) is 59.8 Å². The number of pyridine rings is 1. The van der Waals surface area contributed by atoms with Crippen molar-refractivity contribution in [3.05, 3.63) is 58.0 Å². The summed E-state index contributed by atoms with van der Waals surface area (Å²) in [6, 6.07) is 3.82. The van der Waals surface area contributed by atoms with E-state index in [1.807, 2.05) is 12.1 Å². The van der Waals surface area contributed by atoms with Gasteiger partial charge in [0.1, 0.15) is 0 Å². The van der Waals surface area contributed by atoms with Gasteiger partial charge < -0.3 is 5.32 Å². The van der Waals surface area contributed by atoms with Crippen molar-refractivity contribution in [2.45, 2.75) is 19.5 Å². The average Bonchev–Trinajstić information content (AvgIpc) is 2.43. The standard InChI is InChI=1S/C13H14N4O/c18-13-11-3-6-15-7-12(11)16-9-17(13)8-10-1-4-14-5-2-10/h1-2,4-5,9,15H,3,6-8H2. The lowest BCUT2D eigenvalue weighted by molar-refractivity contribution is 0.596. The van der Waals surface area contributed by atoms with Crippen LogP contribution in [0.3, 0.4) is 0 Å². The monoisotopic (exact) mass is 242 g/mol. The number of aromatic nitrogens is 3. The number of nitrogens with one attached hydrogen (secondary N) is 1. The minimum absolute atomic E-state index is 0.0818. The van der Waals surface area contributed by atoms with Crippen molar-refractivity contribution in [3.63, 3.8) is 0 Å². The highest BCUT2D eigenvalue weighted by Crippen LogP contribution is 2.06. The maximum atomic E-state index is 12.3. The first kappa shape index (κ1) is 11.1. The minimum Gasteiger partial charge on any atom is -0.311 e. The molecule has 1 N–H and O–H groups in total. The zero-order chi connectivity index (χ0) is 12.4. The van der Waals surface area contributed by atoms with Gasteiger partial charge in [0.05, 0.1) is 18.6 Å². The summed E-state index contributed by atoms with van der Waals surface area (Å²) in [7, 11) is 0. The second-order valence-corrected chi connectivity index (χ2v) is 4.39. The summed E-state index contributed by atoms with van der Waals surface area (Å²) < 4.78 is 1.67. The molecule has 2 aromatic rings. The van der Waals surface area contributed by atoms with E-state index in [-0.39, 0.29) is 5.56 Å². The summed E-state index contributed by atoms with van der Waals surface area (Å²) in [6.45, 7) is 2.10. The second kappa shape index (κ2) is 4.70. The lowest BCUT2D eigenvalue weighted by Crippen LogP contribution is -2.34. The Balaban J connectivity index is 1.96. The number of fused-ring (bicyclic) bond motifs is 1. The summed E-state index contributed by atoms with van der Waals surface area (Å²) in [4.78, 5) is 20.6. The van der Waals surface area contributed by atoms with Crippen LogP contribution in [-0.2, 0) is 19.5 Å². The first-order valence-corrected chi connectivity index (χ1v) is 6.01. The van der Waals surface area contributed by atoms with E-state index in [1.165, 1.54) is 0 Å². The fourth-order valence-electron chi connectivity index (χ4n) is 2.19. The summed E-state index contributed by atoms with van der Waals surface area (Å²) in [5, 5.41) is 3.22. The van der Waals surface area contributed by atoms with Gasteiger partial charge in [-0.2, -0.15) is 0 Å². The molecule has 0 atom stereocenters. The van der Waals surface area contributed by atoms with Crippen LogP contribution in [0.1, 0.15) is 16.8 Å². The molecule has 0 spiro atoms. The molecule has 0 aliphatic carbocycles. The molecule has 0 amide bonds. The van der Waals surface area contributed by atoms with Gasteiger partial charge >= 0.3 is 0 Å². The maximum Gasteiger partial charge on any atom is 0.257 e. The van der Waals surface area contributed by atoms with Crippen molar-refractivity contribution in [2.24, 2.45) is 0 Å². The van der Waals surface area contributed by atoms with Gasteiger partial charge in [0.15, 0.2) is 0 Å². The number of hydrogen-bond donors (Lipinski definition) is 1. The summed E-state index contributed by atoms with van der Waals surface area (Å²) in [5.74, 6) is 0. The SMILES string of the molecule is O=c1c2c(ncn1Cc1ccncc1)CNCC2. The molecular formula is C13H14N4O. The van der Waals surface area contributed by atoms with E-state index >= 15 is 0 Å². The third-order valence-electron chi connectivity index (χ3n) is 3.17. The summed E-state index contributed by atoms with van der Waals surface area (Å²) >= 11 is 0. The molecule has 5 nitrogen and oxygen atoms in total. The van der Waals surface area contributed by atoms with E-state index in [0.29, 0.717) is 13.1 Å². The van der Waals surface area contributed by atoms with Crippen LogP contribution in [0.5, 0.6) is 0 Å². The Kier molecular flexibility index (Phi) is 2.90. The third-order valence-corrected chi connectivity index (χ3v) is 3.17. The van der Waals surface area contributed by atoms with E-state index in [0.717, 1.165) is 29.8 Å². The first-order valence-electron chi connectivity index (χ1n) is 6.01. The molecule has 92 valence electrons. The maximum absolute atomic E-state index is 12.3. The van der Waals surface area contributed by atoms with Crippen molar-refractivity contribution >= 4 is 0 Å². The van der Waals surface area contributed by atoms with E-state index in [1.54, 1.807) is 23.3 Å². The lowest BCUT2D eigenvalue weighted by atomic mass is 10.1. The van der Waals surface area contributed by atoms with Crippen LogP contribution in [0.25, 0.3) is 0 Å². The van der Waals surface area contributed by atoms with Crippen LogP contribution in [-0.4, -0.2) is 21.1 Å². The van der Waals surface area contributed by atoms with Crippen LogP contribution >= 0.6 is 0 Å². The van der Waals surface area contributed by atoms with Gasteiger partial charge in [-0.1, -0.05) is 0 Å². The molecule has 0 aromatic carbocycles. The minimum atomic E-state index is 0.0818. The van der Waals surface area contributed by atoms with Crippen LogP contribution in [0.15, 0.2) is 35.6 Å². The van der Waals surface area contributed by atoms with Crippen molar-refractivity contribution in [3.8, 4) is 0 Å². The Bertz CT molecular complexity index is 606. The number of hydrogen-bond acceptors (Lipinski definition) is 4. The van der Waals surface area contributed by atoms with Crippen LogP contribution in [0.2, 0.25) is 0 Å². The van der Waals surface area contributed by atoms with Gasteiger partial charge in [-0.15, -0.1) is 0 Å². The molecule has 3 rings (SSSR count). The predicted octanol–water partition coefficient (Wildman–Crippen LogP) is 0.332. The molecule has 1 aliphatic heterocycles. The molecule has 1 aliphatic rings. The van der Waals surface area contributed by atoms with Crippen molar-refractivity contribution in [1.82, 2.24) is 19.9 Å². The van der Waals surface area contributed by atoms with Gasteiger partial charge in [0.2, 0.25) is 0 Å². The normalized spacial score (nSPS) is 14.2. The summed E-state index contributed by atoms with van der Waals surface area (Å²) in [5.41, 5.74) is 2.88. The Morgan fingerprint density at radius 3 is 3.00 bits per heavy atom. The van der Waals surface area contributed by atoms with E-state index in [4.69, 9.17) is 0 Å². The molecule has 0 saturated heterocycles. The molecule has 0 saturated carbocycles. The highest BCUT2D eigenvalue weighted by molar-refractivity contribution is 5.20. The highest BCUT2D eigenvalue weighted by Gasteiger charge is 2.15. The molecule has 0 bridgehead atoms. The Labute approximate surface area is 105 Å². The average molecular weight is 242 g/mol. The first-order chi connectivity index (χ1) is 8.84. The fourth-order valence-corrected chi connectivity index (χ4v) is 2.19. The Morgan fingerprint density at radius 1 is 1.33 bits per heavy atom. The Hall–Kier alpha value is -2.01. The van der Waals surface area contributed by atoms with Gasteiger partial charge in [0.25, 0.3) is 5.56 Å². The fraction of sp³-hybridized carbons (Fsp3) is 0.308. The molecule has 2 aromatic heterocycles. The largest absolute Gasteiger partial charge is 0.311 e. The van der Waals surface area contributed by atoms with Gasteiger partial charge in [-0.3, -0.25) is 14.3 Å². The zero-order valence-electron chi connectivity index (χ0n) is 9.97. The quantitative estimate of drug-likeness (QED) is 0.824. The van der Waals surface area contributed by atoms with Crippen LogP contribution < -0.4 is 10.9 Å². The van der Waals surface area contributed by atoms with Crippen molar-refractivity contribution in [2.75, 3.05) is 6.54 Å². The molecule has 3 heterocycles. The highest BCUT2D eigenvalue weighted by atomic mass is 16.1. The second-order valence-electron chi connectivity index (χ2n) is 4.39. The van der Waals surface area contributed by atoms with Crippen LogP contribution in [0, 0.1) is 0 Å². The summed E-state index contributed by atoms with van der Waals surface area (Å²) in [6.07, 6.45) is 5.86.